The summed E-state index contributed by atoms with van der Waals surface area (Å²) in [6, 6.07) is 4.79. The normalized spacial score (nSPS) is 9.14. The summed E-state index contributed by atoms with van der Waals surface area (Å²) in [5.41, 5.74) is 0.560. The van der Waals surface area contributed by atoms with E-state index in [1.165, 1.54) is 18.3 Å². The Bertz CT molecular complexity index is 355. The molecule has 0 aliphatic rings. The molecule has 0 unspecified atom stereocenters. The predicted molar refractivity (Wildman–Crippen MR) is 47.3 cm³/mol. The Morgan fingerprint density at radius 2 is 2.43 bits per heavy atom. The monoisotopic (exact) mass is 193 g/mol. The Kier molecular flexibility index (Phi) is 3.56. The maximum atomic E-state index is 11.7. The number of rotatable bonds is 3. The molecule has 0 aliphatic carbocycles. The lowest BCUT2D eigenvalue weighted by Crippen LogP contribution is -2.26. The summed E-state index contributed by atoms with van der Waals surface area (Å²) in [5, 5.41) is 10.8. The van der Waals surface area contributed by atoms with E-state index in [4.69, 9.17) is 5.26 Å². The topological polar surface area (TPSA) is 65.8 Å². The molecule has 0 aromatic carbocycles. The fourth-order valence-electron chi connectivity index (χ4n) is 0.846. The van der Waals surface area contributed by atoms with Gasteiger partial charge in [0.05, 0.1) is 5.56 Å². The van der Waals surface area contributed by atoms with Crippen LogP contribution in [-0.2, 0) is 0 Å². The molecule has 0 spiro atoms. The van der Waals surface area contributed by atoms with E-state index in [-0.39, 0.29) is 12.2 Å². The van der Waals surface area contributed by atoms with Crippen LogP contribution in [0.3, 0.4) is 0 Å². The van der Waals surface area contributed by atoms with Crippen LogP contribution in [0.25, 0.3) is 0 Å². The van der Waals surface area contributed by atoms with Gasteiger partial charge in [0.15, 0.2) is 0 Å². The van der Waals surface area contributed by atoms with Gasteiger partial charge < -0.3 is 5.32 Å². The molecule has 1 aromatic rings. The number of aromatic nitrogens is 1. The minimum absolute atomic E-state index is 0.0273. The Morgan fingerprint density at radius 3 is 2.93 bits per heavy atom. The zero-order valence-corrected chi connectivity index (χ0v) is 7.33. The SMILES string of the molecule is N#Cc1ccc(C(=O)NCCF)nc1. The van der Waals surface area contributed by atoms with Crippen molar-refractivity contribution in [3.05, 3.63) is 29.6 Å². The average Bonchev–Trinajstić information content (AvgIpc) is 2.26. The van der Waals surface area contributed by atoms with Crippen LogP contribution < -0.4 is 5.32 Å². The number of carbonyl (C=O) groups excluding carboxylic acids is 1. The van der Waals surface area contributed by atoms with Crippen molar-refractivity contribution >= 4 is 5.91 Å². The lowest BCUT2D eigenvalue weighted by atomic mass is 10.2. The van der Waals surface area contributed by atoms with Gasteiger partial charge >= 0.3 is 0 Å². The number of halogens is 1. The third-order valence-electron chi connectivity index (χ3n) is 1.51. The van der Waals surface area contributed by atoms with Gasteiger partial charge in [0.1, 0.15) is 18.4 Å². The van der Waals surface area contributed by atoms with Crippen LogP contribution in [0.15, 0.2) is 18.3 Å². The number of carbonyl (C=O) groups is 1. The van der Waals surface area contributed by atoms with Crippen LogP contribution in [0, 0.1) is 11.3 Å². The molecule has 0 radical (unpaired) electrons. The summed E-state index contributed by atoms with van der Waals surface area (Å²) in [5.74, 6) is -0.438. The first-order valence-corrected chi connectivity index (χ1v) is 3.98. The van der Waals surface area contributed by atoms with Crippen LogP contribution in [0.1, 0.15) is 16.1 Å². The first-order chi connectivity index (χ1) is 6.77. The minimum atomic E-state index is -0.609. The molecule has 1 N–H and O–H groups in total. The quantitative estimate of drug-likeness (QED) is 0.766. The Balaban J connectivity index is 2.68. The van der Waals surface area contributed by atoms with E-state index in [1.807, 2.05) is 6.07 Å². The molecular weight excluding hydrogens is 185 g/mol. The summed E-state index contributed by atoms with van der Waals surface area (Å²) in [7, 11) is 0. The van der Waals surface area contributed by atoms with Crippen molar-refractivity contribution in [1.82, 2.24) is 10.3 Å². The Labute approximate surface area is 80.4 Å². The van der Waals surface area contributed by atoms with Crippen molar-refractivity contribution in [2.75, 3.05) is 13.2 Å². The van der Waals surface area contributed by atoms with Crippen LogP contribution in [-0.4, -0.2) is 24.1 Å². The third kappa shape index (κ3) is 2.52. The molecular formula is C9H8FN3O. The van der Waals surface area contributed by atoms with Crippen LogP contribution in [0.2, 0.25) is 0 Å². The van der Waals surface area contributed by atoms with E-state index in [0.717, 1.165) is 0 Å². The molecule has 0 atom stereocenters. The molecule has 14 heavy (non-hydrogen) atoms. The number of alkyl halides is 1. The van der Waals surface area contributed by atoms with E-state index in [2.05, 4.69) is 10.3 Å². The number of pyridine rings is 1. The van der Waals surface area contributed by atoms with Crippen molar-refractivity contribution in [3.63, 3.8) is 0 Å². The first kappa shape index (κ1) is 10.1. The van der Waals surface area contributed by atoms with Crippen molar-refractivity contribution < 1.29 is 9.18 Å². The molecule has 1 rings (SSSR count). The van der Waals surface area contributed by atoms with Crippen molar-refractivity contribution in [2.45, 2.75) is 0 Å². The molecule has 5 heteroatoms. The zero-order valence-electron chi connectivity index (χ0n) is 7.33. The van der Waals surface area contributed by atoms with Gasteiger partial charge in [-0.25, -0.2) is 9.37 Å². The summed E-state index contributed by atoms with van der Waals surface area (Å²) < 4.78 is 11.7. The zero-order chi connectivity index (χ0) is 10.4. The molecule has 1 heterocycles. The second-order valence-electron chi connectivity index (χ2n) is 2.49. The smallest absolute Gasteiger partial charge is 0.269 e. The highest BCUT2D eigenvalue weighted by Gasteiger charge is 2.05. The van der Waals surface area contributed by atoms with E-state index in [1.54, 1.807) is 0 Å². The van der Waals surface area contributed by atoms with Gasteiger partial charge in [-0.05, 0) is 12.1 Å². The van der Waals surface area contributed by atoms with Gasteiger partial charge in [0, 0.05) is 12.7 Å². The molecule has 0 fully saturated rings. The van der Waals surface area contributed by atoms with Crippen molar-refractivity contribution in [3.8, 4) is 6.07 Å². The Hall–Kier alpha value is -1.96. The maximum absolute atomic E-state index is 11.7. The molecule has 0 saturated carbocycles. The second kappa shape index (κ2) is 4.92. The number of amides is 1. The standard InChI is InChI=1S/C9H8FN3O/c10-3-4-12-9(14)8-2-1-7(5-11)6-13-8/h1-2,6H,3-4H2,(H,12,14). The number of hydrogen-bond acceptors (Lipinski definition) is 3. The van der Waals surface area contributed by atoms with E-state index in [0.29, 0.717) is 5.56 Å². The molecule has 72 valence electrons. The highest BCUT2D eigenvalue weighted by Crippen LogP contribution is 1.98. The van der Waals surface area contributed by atoms with Crippen LogP contribution >= 0.6 is 0 Å². The summed E-state index contributed by atoms with van der Waals surface area (Å²) in [6.45, 7) is -0.636. The number of nitrogens with zero attached hydrogens (tertiary/aromatic N) is 2. The highest BCUT2D eigenvalue weighted by molar-refractivity contribution is 5.92. The highest BCUT2D eigenvalue weighted by atomic mass is 19.1. The van der Waals surface area contributed by atoms with Gasteiger partial charge in [0.2, 0.25) is 0 Å². The van der Waals surface area contributed by atoms with E-state index in [9.17, 15) is 9.18 Å². The average molecular weight is 193 g/mol. The molecule has 1 aromatic heterocycles. The first-order valence-electron chi connectivity index (χ1n) is 3.98. The molecule has 0 saturated heterocycles. The Morgan fingerprint density at radius 1 is 1.64 bits per heavy atom. The van der Waals surface area contributed by atoms with Gasteiger partial charge in [-0.15, -0.1) is 0 Å². The predicted octanol–water partition coefficient (Wildman–Crippen LogP) is 0.653. The maximum Gasteiger partial charge on any atom is 0.269 e. The number of nitriles is 1. The number of hydrogen-bond donors (Lipinski definition) is 1. The molecule has 0 aliphatic heterocycles. The molecule has 4 nitrogen and oxygen atoms in total. The van der Waals surface area contributed by atoms with Crippen molar-refractivity contribution in [1.29, 1.82) is 5.26 Å². The van der Waals surface area contributed by atoms with Gasteiger partial charge in [-0.1, -0.05) is 0 Å². The molecule has 0 bridgehead atoms. The van der Waals surface area contributed by atoms with Gasteiger partial charge in [-0.2, -0.15) is 5.26 Å². The van der Waals surface area contributed by atoms with E-state index < -0.39 is 12.6 Å². The fourth-order valence-corrected chi connectivity index (χ4v) is 0.846. The fraction of sp³-hybridized carbons (Fsp3) is 0.222. The van der Waals surface area contributed by atoms with Gasteiger partial charge in [-0.3, -0.25) is 4.79 Å². The minimum Gasteiger partial charge on any atom is -0.348 e. The largest absolute Gasteiger partial charge is 0.348 e. The summed E-state index contributed by atoms with van der Waals surface area (Å²) >= 11 is 0. The molecule has 1 amide bonds. The summed E-state index contributed by atoms with van der Waals surface area (Å²) in [4.78, 5) is 14.9. The second-order valence-corrected chi connectivity index (χ2v) is 2.49. The van der Waals surface area contributed by atoms with Crippen LogP contribution in [0.4, 0.5) is 4.39 Å². The third-order valence-corrected chi connectivity index (χ3v) is 1.51. The lowest BCUT2D eigenvalue weighted by Gasteiger charge is -2.00. The number of nitrogens with one attached hydrogen (secondary N) is 1. The summed E-state index contributed by atoms with van der Waals surface area (Å²) in [6.07, 6.45) is 1.30. The van der Waals surface area contributed by atoms with E-state index >= 15 is 0 Å². The van der Waals surface area contributed by atoms with Gasteiger partial charge in [0.25, 0.3) is 5.91 Å². The van der Waals surface area contributed by atoms with Crippen LogP contribution in [0.5, 0.6) is 0 Å². The lowest BCUT2D eigenvalue weighted by molar-refractivity contribution is 0.0946. The van der Waals surface area contributed by atoms with Crippen molar-refractivity contribution in [2.24, 2.45) is 0 Å².